The summed E-state index contributed by atoms with van der Waals surface area (Å²) in [6, 6.07) is 16.6. The van der Waals surface area contributed by atoms with Gasteiger partial charge in [-0.15, -0.1) is 0 Å². The summed E-state index contributed by atoms with van der Waals surface area (Å²) < 4.78 is 0. The maximum absolute atomic E-state index is 6.29. The summed E-state index contributed by atoms with van der Waals surface area (Å²) in [5, 5.41) is 2.74. The minimum absolute atomic E-state index is 0.230. The molecule has 0 saturated carbocycles. The van der Waals surface area contributed by atoms with Gasteiger partial charge in [0.1, 0.15) is 0 Å². The van der Waals surface area contributed by atoms with Crippen LogP contribution in [-0.4, -0.2) is 20.1 Å². The average Bonchev–Trinajstić information content (AvgIpc) is 2.89. The monoisotopic (exact) mass is 313 g/mol. The zero-order chi connectivity index (χ0) is 15.7. The van der Waals surface area contributed by atoms with Crippen molar-refractivity contribution in [2.45, 2.75) is 13.0 Å². The van der Waals surface area contributed by atoms with Crippen molar-refractivity contribution >= 4 is 28.5 Å². The van der Waals surface area contributed by atoms with Gasteiger partial charge in [-0.05, 0) is 42.3 Å². The highest BCUT2D eigenvalue weighted by atomic mass is 35.5. The number of halogens is 1. The topological polar surface area (TPSA) is 18.5 Å². The van der Waals surface area contributed by atoms with Crippen LogP contribution in [-0.2, 0) is 0 Å². The lowest BCUT2D eigenvalue weighted by atomic mass is 10.0. The average molecular weight is 314 g/mol. The highest BCUT2D eigenvalue weighted by Gasteiger charge is 2.23. The summed E-state index contributed by atoms with van der Waals surface area (Å²) in [6.45, 7) is 2.16. The third-order valence-electron chi connectivity index (χ3n) is 3.88. The second-order valence-electron chi connectivity index (χ2n) is 5.70. The molecule has 0 fully saturated rings. The second-order valence-corrected chi connectivity index (χ2v) is 6.11. The Hall–Kier alpha value is -1.97. The summed E-state index contributed by atoms with van der Waals surface area (Å²) in [7, 11) is 4.11. The predicted octanol–water partition coefficient (Wildman–Crippen LogP) is 4.16. The molecule has 1 heterocycles. The van der Waals surface area contributed by atoms with Gasteiger partial charge < -0.3 is 4.90 Å². The van der Waals surface area contributed by atoms with Crippen LogP contribution in [0.3, 0.4) is 0 Å². The van der Waals surface area contributed by atoms with E-state index in [1.165, 1.54) is 16.8 Å². The van der Waals surface area contributed by atoms with Crippen molar-refractivity contribution in [3.63, 3.8) is 0 Å². The SMILES string of the molecule is CC1NN(c2ccccc2Cl)C=C1c1cccc(N(C)C)c1. The number of benzene rings is 2. The number of nitrogens with zero attached hydrogens (tertiary/aromatic N) is 2. The van der Waals surface area contributed by atoms with Gasteiger partial charge in [-0.2, -0.15) is 0 Å². The summed E-state index contributed by atoms with van der Waals surface area (Å²) >= 11 is 6.29. The molecule has 1 unspecified atom stereocenters. The Morgan fingerprint density at radius 3 is 2.59 bits per heavy atom. The summed E-state index contributed by atoms with van der Waals surface area (Å²) in [5.74, 6) is 0. The molecule has 114 valence electrons. The molecule has 1 N–H and O–H groups in total. The van der Waals surface area contributed by atoms with Crippen LogP contribution in [0.2, 0.25) is 5.02 Å². The largest absolute Gasteiger partial charge is 0.378 e. The standard InChI is InChI=1S/C18H20ClN3/c1-13-16(14-7-6-8-15(11-14)21(2)3)12-22(20-13)18-10-5-4-9-17(18)19/h4-13,20H,1-3H3. The number of nitrogens with one attached hydrogen (secondary N) is 1. The third-order valence-corrected chi connectivity index (χ3v) is 4.19. The lowest BCUT2D eigenvalue weighted by Gasteiger charge is -2.19. The van der Waals surface area contributed by atoms with Crippen LogP contribution in [0.25, 0.3) is 5.57 Å². The van der Waals surface area contributed by atoms with Crippen LogP contribution in [0.1, 0.15) is 12.5 Å². The summed E-state index contributed by atoms with van der Waals surface area (Å²) in [6.07, 6.45) is 2.13. The van der Waals surface area contributed by atoms with E-state index < -0.39 is 0 Å². The molecule has 0 aromatic heterocycles. The van der Waals surface area contributed by atoms with E-state index in [9.17, 15) is 0 Å². The molecule has 0 aliphatic carbocycles. The van der Waals surface area contributed by atoms with Crippen LogP contribution in [0.5, 0.6) is 0 Å². The first kappa shape index (κ1) is 14.9. The third kappa shape index (κ3) is 2.82. The number of para-hydroxylation sites is 1. The van der Waals surface area contributed by atoms with E-state index in [1.807, 2.05) is 29.3 Å². The molecule has 3 nitrogen and oxygen atoms in total. The molecule has 0 bridgehead atoms. The van der Waals surface area contributed by atoms with Gasteiger partial charge in [0, 0.05) is 26.0 Å². The first-order chi connectivity index (χ1) is 10.6. The van der Waals surface area contributed by atoms with E-state index in [-0.39, 0.29) is 6.04 Å². The normalized spacial score (nSPS) is 17.5. The van der Waals surface area contributed by atoms with Crippen molar-refractivity contribution in [3.8, 4) is 0 Å². The van der Waals surface area contributed by atoms with Crippen molar-refractivity contribution in [3.05, 3.63) is 65.3 Å². The van der Waals surface area contributed by atoms with Gasteiger partial charge in [0.25, 0.3) is 0 Å². The molecule has 2 aromatic rings. The van der Waals surface area contributed by atoms with Crippen molar-refractivity contribution in [1.82, 2.24) is 5.43 Å². The molecule has 22 heavy (non-hydrogen) atoms. The molecule has 1 atom stereocenters. The number of hydrogen-bond donors (Lipinski definition) is 1. The minimum Gasteiger partial charge on any atom is -0.378 e. The fraction of sp³-hybridized carbons (Fsp3) is 0.222. The lowest BCUT2D eigenvalue weighted by Crippen LogP contribution is -2.34. The van der Waals surface area contributed by atoms with E-state index in [4.69, 9.17) is 11.6 Å². The van der Waals surface area contributed by atoms with Gasteiger partial charge in [0.05, 0.1) is 16.8 Å². The summed E-state index contributed by atoms with van der Waals surface area (Å²) in [5.41, 5.74) is 8.09. The Morgan fingerprint density at radius 1 is 1.09 bits per heavy atom. The Labute approximate surface area is 136 Å². The summed E-state index contributed by atoms with van der Waals surface area (Å²) in [4.78, 5) is 2.11. The van der Waals surface area contributed by atoms with Crippen molar-refractivity contribution in [1.29, 1.82) is 0 Å². The van der Waals surface area contributed by atoms with E-state index in [0.717, 1.165) is 10.7 Å². The lowest BCUT2D eigenvalue weighted by molar-refractivity contribution is 0.691. The van der Waals surface area contributed by atoms with Crippen LogP contribution in [0.4, 0.5) is 11.4 Å². The minimum atomic E-state index is 0.230. The Bertz CT molecular complexity index is 709. The maximum atomic E-state index is 6.29. The molecular formula is C18H20ClN3. The fourth-order valence-corrected chi connectivity index (χ4v) is 2.87. The zero-order valence-electron chi connectivity index (χ0n) is 13.0. The molecule has 0 spiro atoms. The van der Waals surface area contributed by atoms with Crippen LogP contribution >= 0.6 is 11.6 Å². The number of hydrogen-bond acceptors (Lipinski definition) is 3. The van der Waals surface area contributed by atoms with Crippen LogP contribution in [0, 0.1) is 0 Å². The van der Waals surface area contributed by atoms with Gasteiger partial charge in [-0.1, -0.05) is 35.9 Å². The van der Waals surface area contributed by atoms with Gasteiger partial charge in [-0.25, -0.2) is 5.43 Å². The Kier molecular flexibility index (Phi) is 4.10. The maximum Gasteiger partial charge on any atom is 0.0757 e. The van der Waals surface area contributed by atoms with Crippen molar-refractivity contribution < 1.29 is 0 Å². The number of rotatable bonds is 3. The van der Waals surface area contributed by atoms with E-state index in [1.54, 1.807) is 0 Å². The van der Waals surface area contributed by atoms with Gasteiger partial charge in [0.2, 0.25) is 0 Å². The molecule has 2 aromatic carbocycles. The van der Waals surface area contributed by atoms with Gasteiger partial charge in [-0.3, -0.25) is 5.01 Å². The molecular weight excluding hydrogens is 294 g/mol. The van der Waals surface area contributed by atoms with Crippen molar-refractivity contribution in [2.75, 3.05) is 24.0 Å². The van der Waals surface area contributed by atoms with Crippen LogP contribution in [0.15, 0.2) is 54.7 Å². The van der Waals surface area contributed by atoms with Gasteiger partial charge in [0.15, 0.2) is 0 Å². The fourth-order valence-electron chi connectivity index (χ4n) is 2.64. The zero-order valence-corrected chi connectivity index (χ0v) is 13.8. The van der Waals surface area contributed by atoms with E-state index >= 15 is 0 Å². The van der Waals surface area contributed by atoms with E-state index in [0.29, 0.717) is 0 Å². The van der Waals surface area contributed by atoms with Crippen molar-refractivity contribution in [2.24, 2.45) is 0 Å². The van der Waals surface area contributed by atoms with Crippen LogP contribution < -0.4 is 15.3 Å². The predicted molar refractivity (Wildman–Crippen MR) is 95.3 cm³/mol. The first-order valence-corrected chi connectivity index (χ1v) is 7.73. The first-order valence-electron chi connectivity index (χ1n) is 7.35. The Balaban J connectivity index is 1.96. The molecule has 4 heteroatoms. The number of hydrazine groups is 1. The Morgan fingerprint density at radius 2 is 1.86 bits per heavy atom. The molecule has 1 aliphatic rings. The second kappa shape index (κ2) is 6.03. The molecule has 0 radical (unpaired) electrons. The molecule has 0 saturated heterocycles. The number of anilines is 2. The quantitative estimate of drug-likeness (QED) is 0.918. The molecule has 3 rings (SSSR count). The smallest absolute Gasteiger partial charge is 0.0757 e. The highest BCUT2D eigenvalue weighted by Crippen LogP contribution is 2.32. The molecule has 0 amide bonds. The van der Waals surface area contributed by atoms with E-state index in [2.05, 4.69) is 61.8 Å². The molecule has 1 aliphatic heterocycles. The van der Waals surface area contributed by atoms with Gasteiger partial charge >= 0.3 is 0 Å². The highest BCUT2D eigenvalue weighted by molar-refractivity contribution is 6.33.